The van der Waals surface area contributed by atoms with Crippen LogP contribution in [-0.4, -0.2) is 31.8 Å². The number of hydrogen-bond acceptors (Lipinski definition) is 4. The minimum Gasteiger partial charge on any atom is -0.354 e. The molecular formula is C23H23N5O2. The van der Waals surface area contributed by atoms with Gasteiger partial charge in [0, 0.05) is 6.54 Å². The molecule has 0 fully saturated rings. The predicted molar refractivity (Wildman–Crippen MR) is 115 cm³/mol. The smallest absolute Gasteiger partial charge is 0.264 e. The number of carbonyl (C=O) groups is 1. The second-order valence-corrected chi connectivity index (χ2v) is 7.28. The molecule has 152 valence electrons. The zero-order valence-corrected chi connectivity index (χ0v) is 16.8. The second-order valence-electron chi connectivity index (χ2n) is 7.28. The first-order valence-corrected chi connectivity index (χ1v) is 9.87. The molecule has 0 aliphatic heterocycles. The molecule has 2 aromatic heterocycles. The van der Waals surface area contributed by atoms with Gasteiger partial charge >= 0.3 is 0 Å². The minimum absolute atomic E-state index is 0.0499. The highest BCUT2D eigenvalue weighted by molar-refractivity contribution is 5.78. The van der Waals surface area contributed by atoms with Crippen LogP contribution in [0.4, 0.5) is 0 Å². The van der Waals surface area contributed by atoms with Crippen LogP contribution in [0.2, 0.25) is 0 Å². The lowest BCUT2D eigenvalue weighted by Crippen LogP contribution is -2.29. The molecule has 0 unspecified atom stereocenters. The molecule has 0 saturated carbocycles. The van der Waals surface area contributed by atoms with E-state index in [1.807, 2.05) is 61.5 Å². The van der Waals surface area contributed by atoms with Crippen LogP contribution in [0.5, 0.6) is 0 Å². The van der Waals surface area contributed by atoms with E-state index >= 15 is 0 Å². The van der Waals surface area contributed by atoms with Crippen LogP contribution in [0.25, 0.3) is 11.0 Å². The van der Waals surface area contributed by atoms with Crippen LogP contribution in [0.1, 0.15) is 16.7 Å². The third kappa shape index (κ3) is 4.46. The van der Waals surface area contributed by atoms with Gasteiger partial charge in [0.05, 0.1) is 25.7 Å². The van der Waals surface area contributed by atoms with E-state index < -0.39 is 0 Å². The fourth-order valence-corrected chi connectivity index (χ4v) is 3.31. The van der Waals surface area contributed by atoms with E-state index in [9.17, 15) is 9.59 Å². The number of benzene rings is 2. The highest BCUT2D eigenvalue weighted by atomic mass is 16.1. The molecule has 0 bridgehead atoms. The molecule has 4 aromatic rings. The standard InChI is InChI=1S/C23H23N5O2/c1-17-7-9-19(10-8-17)15-27-16-25-22-20(23(27)30)14-26-28(22)12-11-24-21(29)13-18-5-3-2-4-6-18/h2-10,14,16H,11-13,15H2,1H3,(H,24,29). The first-order valence-electron chi connectivity index (χ1n) is 9.87. The first kappa shape index (κ1) is 19.6. The Hall–Kier alpha value is -3.74. The van der Waals surface area contributed by atoms with E-state index in [1.54, 1.807) is 21.8 Å². The fourth-order valence-electron chi connectivity index (χ4n) is 3.31. The molecule has 1 amide bonds. The molecule has 0 atom stereocenters. The van der Waals surface area contributed by atoms with Crippen molar-refractivity contribution in [1.82, 2.24) is 24.6 Å². The van der Waals surface area contributed by atoms with Gasteiger partial charge in [-0.2, -0.15) is 5.10 Å². The van der Waals surface area contributed by atoms with Gasteiger partial charge in [0.2, 0.25) is 5.91 Å². The number of fused-ring (bicyclic) bond motifs is 1. The Morgan fingerprint density at radius 1 is 1.03 bits per heavy atom. The van der Waals surface area contributed by atoms with Crippen LogP contribution >= 0.6 is 0 Å². The molecule has 0 aliphatic carbocycles. The third-order valence-electron chi connectivity index (χ3n) is 4.95. The summed E-state index contributed by atoms with van der Waals surface area (Å²) in [5.41, 5.74) is 3.59. The number of nitrogens with zero attached hydrogens (tertiary/aromatic N) is 4. The van der Waals surface area contributed by atoms with Crippen LogP contribution in [-0.2, 0) is 24.3 Å². The summed E-state index contributed by atoms with van der Waals surface area (Å²) in [6.07, 6.45) is 3.43. The molecule has 7 nitrogen and oxygen atoms in total. The van der Waals surface area contributed by atoms with Gasteiger partial charge in [-0.05, 0) is 18.1 Å². The Kier molecular flexibility index (Phi) is 5.70. The summed E-state index contributed by atoms with van der Waals surface area (Å²) >= 11 is 0. The van der Waals surface area contributed by atoms with E-state index in [2.05, 4.69) is 15.4 Å². The molecule has 7 heteroatoms. The Balaban J connectivity index is 1.40. The number of aryl methyl sites for hydroxylation is 1. The lowest BCUT2D eigenvalue weighted by Gasteiger charge is -2.08. The van der Waals surface area contributed by atoms with Crippen molar-refractivity contribution in [2.45, 2.75) is 26.4 Å². The van der Waals surface area contributed by atoms with Gasteiger partial charge in [0.15, 0.2) is 5.65 Å². The number of amides is 1. The van der Waals surface area contributed by atoms with Gasteiger partial charge in [-0.25, -0.2) is 9.67 Å². The molecule has 2 aromatic carbocycles. The molecule has 0 spiro atoms. The molecule has 2 heterocycles. The molecular weight excluding hydrogens is 378 g/mol. The average molecular weight is 401 g/mol. The third-order valence-corrected chi connectivity index (χ3v) is 4.95. The van der Waals surface area contributed by atoms with E-state index in [0.717, 1.165) is 11.1 Å². The summed E-state index contributed by atoms with van der Waals surface area (Å²) in [7, 11) is 0. The molecule has 0 radical (unpaired) electrons. The second kappa shape index (κ2) is 8.73. The molecule has 1 N–H and O–H groups in total. The first-order chi connectivity index (χ1) is 14.6. The minimum atomic E-state index is -0.125. The van der Waals surface area contributed by atoms with Crippen molar-refractivity contribution in [3.8, 4) is 0 Å². The maximum absolute atomic E-state index is 12.8. The van der Waals surface area contributed by atoms with Crippen molar-refractivity contribution < 1.29 is 4.79 Å². The van der Waals surface area contributed by atoms with Crippen molar-refractivity contribution in [2.75, 3.05) is 6.54 Å². The summed E-state index contributed by atoms with van der Waals surface area (Å²) in [4.78, 5) is 29.3. The number of aromatic nitrogens is 4. The SMILES string of the molecule is Cc1ccc(Cn2cnc3c(cnn3CCNC(=O)Cc3ccccc3)c2=O)cc1. The van der Waals surface area contributed by atoms with E-state index in [0.29, 0.717) is 37.1 Å². The molecule has 4 rings (SSSR count). The number of rotatable bonds is 7. The van der Waals surface area contributed by atoms with Crippen molar-refractivity contribution >= 4 is 16.9 Å². The van der Waals surface area contributed by atoms with Crippen LogP contribution < -0.4 is 10.9 Å². The average Bonchev–Trinajstić information content (AvgIpc) is 3.16. The number of nitrogens with one attached hydrogen (secondary N) is 1. The zero-order chi connectivity index (χ0) is 20.9. The Bertz CT molecular complexity index is 1210. The Morgan fingerprint density at radius 2 is 1.80 bits per heavy atom. The van der Waals surface area contributed by atoms with Gasteiger partial charge in [-0.15, -0.1) is 0 Å². The normalized spacial score (nSPS) is 11.0. The Labute approximate surface area is 174 Å². The van der Waals surface area contributed by atoms with Crippen LogP contribution in [0, 0.1) is 6.92 Å². The van der Waals surface area contributed by atoms with Crippen molar-refractivity contribution in [2.24, 2.45) is 0 Å². The summed E-state index contributed by atoms with van der Waals surface area (Å²) in [6, 6.07) is 17.7. The quantitative estimate of drug-likeness (QED) is 0.515. The summed E-state index contributed by atoms with van der Waals surface area (Å²) in [5, 5.41) is 7.65. The number of carbonyl (C=O) groups excluding carboxylic acids is 1. The summed E-state index contributed by atoms with van der Waals surface area (Å²) in [6.45, 7) is 3.35. The van der Waals surface area contributed by atoms with Gasteiger partial charge in [0.1, 0.15) is 11.7 Å². The summed E-state index contributed by atoms with van der Waals surface area (Å²) < 4.78 is 3.23. The lowest BCUT2D eigenvalue weighted by molar-refractivity contribution is -0.120. The van der Waals surface area contributed by atoms with Gasteiger partial charge in [0.25, 0.3) is 5.56 Å². The maximum atomic E-state index is 12.8. The van der Waals surface area contributed by atoms with Crippen molar-refractivity contribution in [3.05, 3.63) is 94.2 Å². The van der Waals surface area contributed by atoms with Crippen molar-refractivity contribution in [3.63, 3.8) is 0 Å². The molecule has 0 saturated heterocycles. The van der Waals surface area contributed by atoms with Gasteiger partial charge in [-0.3, -0.25) is 14.2 Å². The monoisotopic (exact) mass is 401 g/mol. The van der Waals surface area contributed by atoms with E-state index in [4.69, 9.17) is 0 Å². The number of hydrogen-bond donors (Lipinski definition) is 1. The maximum Gasteiger partial charge on any atom is 0.264 e. The summed E-state index contributed by atoms with van der Waals surface area (Å²) in [5.74, 6) is -0.0499. The van der Waals surface area contributed by atoms with E-state index in [-0.39, 0.29) is 11.5 Å². The Morgan fingerprint density at radius 3 is 2.57 bits per heavy atom. The predicted octanol–water partition coefficient (Wildman–Crippen LogP) is 2.31. The zero-order valence-electron chi connectivity index (χ0n) is 16.8. The fraction of sp³-hybridized carbons (Fsp3) is 0.217. The van der Waals surface area contributed by atoms with Crippen LogP contribution in [0.15, 0.2) is 71.9 Å². The highest BCUT2D eigenvalue weighted by Crippen LogP contribution is 2.08. The molecule has 30 heavy (non-hydrogen) atoms. The topological polar surface area (TPSA) is 81.8 Å². The highest BCUT2D eigenvalue weighted by Gasteiger charge is 2.11. The largest absolute Gasteiger partial charge is 0.354 e. The van der Waals surface area contributed by atoms with Crippen LogP contribution in [0.3, 0.4) is 0 Å². The van der Waals surface area contributed by atoms with Gasteiger partial charge < -0.3 is 5.32 Å². The van der Waals surface area contributed by atoms with E-state index in [1.165, 1.54) is 5.56 Å². The van der Waals surface area contributed by atoms with Crippen molar-refractivity contribution in [1.29, 1.82) is 0 Å². The van der Waals surface area contributed by atoms with Gasteiger partial charge in [-0.1, -0.05) is 60.2 Å². The lowest BCUT2D eigenvalue weighted by atomic mass is 10.1. The molecule has 0 aliphatic rings.